The molecule has 2 rings (SSSR count). The molecule has 1 saturated heterocycles. The van der Waals surface area contributed by atoms with E-state index in [1.807, 2.05) is 18.2 Å². The van der Waals surface area contributed by atoms with Crippen molar-refractivity contribution in [2.24, 2.45) is 0 Å². The number of rotatable bonds is 5. The van der Waals surface area contributed by atoms with Crippen molar-refractivity contribution in [3.63, 3.8) is 0 Å². The number of benzene rings is 1. The van der Waals surface area contributed by atoms with Crippen LogP contribution in [0.15, 0.2) is 35.2 Å². The molecule has 0 radical (unpaired) electrons. The van der Waals surface area contributed by atoms with Gasteiger partial charge in [0, 0.05) is 43.4 Å². The van der Waals surface area contributed by atoms with E-state index in [2.05, 4.69) is 17.0 Å². The van der Waals surface area contributed by atoms with Crippen LogP contribution in [0.2, 0.25) is 0 Å². The van der Waals surface area contributed by atoms with Crippen LogP contribution in [-0.2, 0) is 0 Å². The van der Waals surface area contributed by atoms with E-state index in [4.69, 9.17) is 0 Å². The van der Waals surface area contributed by atoms with Crippen molar-refractivity contribution in [1.29, 1.82) is 0 Å². The van der Waals surface area contributed by atoms with Crippen molar-refractivity contribution in [3.05, 3.63) is 30.3 Å². The Morgan fingerprint density at radius 2 is 1.55 bits per heavy atom. The van der Waals surface area contributed by atoms with Crippen LogP contribution in [0.1, 0.15) is 0 Å². The summed E-state index contributed by atoms with van der Waals surface area (Å²) in [5.41, 5.74) is 0. The number of alkyl halides is 3. The van der Waals surface area contributed by atoms with Crippen LogP contribution < -0.4 is 0 Å². The zero-order chi connectivity index (χ0) is 14.4. The molecule has 2 nitrogen and oxygen atoms in total. The van der Waals surface area contributed by atoms with Crippen LogP contribution in [0.4, 0.5) is 13.2 Å². The average molecular weight is 304 g/mol. The quantitative estimate of drug-likeness (QED) is 0.772. The van der Waals surface area contributed by atoms with Crippen molar-refractivity contribution in [2.45, 2.75) is 11.1 Å². The Hall–Kier alpha value is -0.720. The molecule has 0 atom stereocenters. The Morgan fingerprint density at radius 3 is 2.15 bits per heavy atom. The van der Waals surface area contributed by atoms with E-state index < -0.39 is 12.7 Å². The lowest BCUT2D eigenvalue weighted by atomic mass is 10.3. The summed E-state index contributed by atoms with van der Waals surface area (Å²) in [5.74, 6) is 0.975. The summed E-state index contributed by atoms with van der Waals surface area (Å²) in [7, 11) is 0. The number of hydrogen-bond acceptors (Lipinski definition) is 3. The minimum Gasteiger partial charge on any atom is -0.300 e. The molecule has 1 aromatic carbocycles. The van der Waals surface area contributed by atoms with Crippen LogP contribution in [-0.4, -0.2) is 61.0 Å². The van der Waals surface area contributed by atoms with Crippen molar-refractivity contribution in [1.82, 2.24) is 9.80 Å². The van der Waals surface area contributed by atoms with Gasteiger partial charge in [-0.15, -0.1) is 11.8 Å². The molecule has 0 unspecified atom stereocenters. The van der Waals surface area contributed by atoms with E-state index in [1.54, 1.807) is 11.8 Å². The number of piperazine rings is 1. The maximum atomic E-state index is 12.3. The third-order valence-corrected chi connectivity index (χ3v) is 4.28. The standard InChI is InChI=1S/C14H19F3N2S/c15-14(16,17)12-19-8-6-18(7-9-19)10-11-20-13-4-2-1-3-5-13/h1-5H,6-12H2. The molecule has 1 aromatic rings. The first kappa shape index (κ1) is 15.7. The molecular formula is C14H19F3N2S. The van der Waals surface area contributed by atoms with E-state index in [-0.39, 0.29) is 0 Å². The van der Waals surface area contributed by atoms with Gasteiger partial charge in [-0.3, -0.25) is 9.80 Å². The van der Waals surface area contributed by atoms with Gasteiger partial charge in [0.2, 0.25) is 0 Å². The van der Waals surface area contributed by atoms with E-state index in [0.29, 0.717) is 13.1 Å². The second kappa shape index (κ2) is 7.33. The molecular weight excluding hydrogens is 285 g/mol. The molecule has 0 aromatic heterocycles. The van der Waals surface area contributed by atoms with Gasteiger partial charge >= 0.3 is 6.18 Å². The fraction of sp³-hybridized carbons (Fsp3) is 0.571. The molecule has 6 heteroatoms. The summed E-state index contributed by atoms with van der Waals surface area (Å²) in [4.78, 5) is 4.96. The van der Waals surface area contributed by atoms with Crippen LogP contribution in [0.25, 0.3) is 0 Å². The van der Waals surface area contributed by atoms with Crippen LogP contribution in [0.5, 0.6) is 0 Å². The second-order valence-electron chi connectivity index (χ2n) is 4.89. The fourth-order valence-corrected chi connectivity index (χ4v) is 3.17. The predicted molar refractivity (Wildman–Crippen MR) is 76.1 cm³/mol. The van der Waals surface area contributed by atoms with E-state index in [0.717, 1.165) is 25.4 Å². The Balaban J connectivity index is 1.62. The maximum Gasteiger partial charge on any atom is 0.401 e. The number of halogens is 3. The summed E-state index contributed by atoms with van der Waals surface area (Å²) in [5, 5.41) is 0. The second-order valence-corrected chi connectivity index (χ2v) is 6.06. The van der Waals surface area contributed by atoms with Crippen molar-refractivity contribution in [2.75, 3.05) is 45.0 Å². The lowest BCUT2D eigenvalue weighted by Gasteiger charge is -2.34. The monoisotopic (exact) mass is 304 g/mol. The smallest absolute Gasteiger partial charge is 0.300 e. The Labute approximate surface area is 121 Å². The lowest BCUT2D eigenvalue weighted by Crippen LogP contribution is -2.49. The number of nitrogens with zero attached hydrogens (tertiary/aromatic N) is 2. The minimum atomic E-state index is -4.08. The highest BCUT2D eigenvalue weighted by Crippen LogP contribution is 2.19. The molecule has 0 bridgehead atoms. The third-order valence-electron chi connectivity index (χ3n) is 3.29. The molecule has 1 fully saturated rings. The number of hydrogen-bond donors (Lipinski definition) is 0. The van der Waals surface area contributed by atoms with Gasteiger partial charge < -0.3 is 0 Å². The van der Waals surface area contributed by atoms with Gasteiger partial charge in [0.25, 0.3) is 0 Å². The zero-order valence-corrected chi connectivity index (χ0v) is 12.1. The molecule has 112 valence electrons. The van der Waals surface area contributed by atoms with Crippen molar-refractivity contribution < 1.29 is 13.2 Å². The molecule has 0 spiro atoms. The molecule has 1 aliphatic rings. The normalized spacial score (nSPS) is 18.4. The van der Waals surface area contributed by atoms with Gasteiger partial charge in [0.15, 0.2) is 0 Å². The lowest BCUT2D eigenvalue weighted by molar-refractivity contribution is -0.149. The molecule has 20 heavy (non-hydrogen) atoms. The van der Waals surface area contributed by atoms with Gasteiger partial charge in [-0.25, -0.2) is 0 Å². The SMILES string of the molecule is FC(F)(F)CN1CCN(CCSc2ccccc2)CC1. The van der Waals surface area contributed by atoms with Crippen LogP contribution in [0.3, 0.4) is 0 Å². The van der Waals surface area contributed by atoms with Crippen LogP contribution >= 0.6 is 11.8 Å². The summed E-state index contributed by atoms with van der Waals surface area (Å²) in [6.45, 7) is 2.63. The van der Waals surface area contributed by atoms with E-state index in [9.17, 15) is 13.2 Å². The first-order valence-electron chi connectivity index (χ1n) is 6.72. The van der Waals surface area contributed by atoms with Crippen LogP contribution in [0, 0.1) is 0 Å². The molecule has 0 N–H and O–H groups in total. The third kappa shape index (κ3) is 5.73. The summed E-state index contributed by atoms with van der Waals surface area (Å²) in [6, 6.07) is 10.2. The Bertz CT molecular complexity index is 389. The Kier molecular flexibility index (Phi) is 5.74. The summed E-state index contributed by atoms with van der Waals surface area (Å²) >= 11 is 1.79. The number of thioether (sulfide) groups is 1. The molecule has 1 heterocycles. The summed E-state index contributed by atoms with van der Waals surface area (Å²) < 4.78 is 36.8. The predicted octanol–water partition coefficient (Wildman–Crippen LogP) is 2.96. The molecule has 0 aliphatic carbocycles. The molecule has 0 saturated carbocycles. The first-order chi connectivity index (χ1) is 9.53. The van der Waals surface area contributed by atoms with Gasteiger partial charge in [-0.1, -0.05) is 18.2 Å². The van der Waals surface area contributed by atoms with E-state index >= 15 is 0 Å². The fourth-order valence-electron chi connectivity index (χ4n) is 2.23. The highest BCUT2D eigenvalue weighted by atomic mass is 32.2. The molecule has 1 aliphatic heterocycles. The van der Waals surface area contributed by atoms with Crippen molar-refractivity contribution >= 4 is 11.8 Å². The maximum absolute atomic E-state index is 12.3. The van der Waals surface area contributed by atoms with Gasteiger partial charge in [-0.05, 0) is 12.1 Å². The van der Waals surface area contributed by atoms with Crippen molar-refractivity contribution in [3.8, 4) is 0 Å². The molecule has 0 amide bonds. The van der Waals surface area contributed by atoms with E-state index in [1.165, 1.54) is 9.80 Å². The zero-order valence-electron chi connectivity index (χ0n) is 11.3. The first-order valence-corrected chi connectivity index (χ1v) is 7.71. The minimum absolute atomic E-state index is 0.509. The largest absolute Gasteiger partial charge is 0.401 e. The van der Waals surface area contributed by atoms with Gasteiger partial charge in [-0.2, -0.15) is 13.2 Å². The summed E-state index contributed by atoms with van der Waals surface area (Å²) in [6.07, 6.45) is -4.08. The highest BCUT2D eigenvalue weighted by molar-refractivity contribution is 7.99. The highest BCUT2D eigenvalue weighted by Gasteiger charge is 2.31. The topological polar surface area (TPSA) is 6.48 Å². The average Bonchev–Trinajstić information content (AvgIpc) is 2.40. The van der Waals surface area contributed by atoms with Gasteiger partial charge in [0.05, 0.1) is 6.54 Å². The Morgan fingerprint density at radius 1 is 0.950 bits per heavy atom. The van der Waals surface area contributed by atoms with Gasteiger partial charge in [0.1, 0.15) is 0 Å².